The number of carbonyl (C=O) groups excluding carboxylic acids is 1. The van der Waals surface area contributed by atoms with Crippen LogP contribution in [0.25, 0.3) is 10.9 Å². The molecule has 134 valence electrons. The lowest BCUT2D eigenvalue weighted by molar-refractivity contribution is -0.122. The summed E-state index contributed by atoms with van der Waals surface area (Å²) in [7, 11) is 1.96. The summed E-state index contributed by atoms with van der Waals surface area (Å²) < 4.78 is 0.937. The third-order valence-corrected chi connectivity index (χ3v) is 4.77. The van der Waals surface area contributed by atoms with Crippen LogP contribution in [0.3, 0.4) is 0 Å². The van der Waals surface area contributed by atoms with E-state index in [2.05, 4.69) is 22.7 Å². The lowest BCUT2D eigenvalue weighted by Crippen LogP contribution is -2.46. The molecule has 3 N–H and O–H groups in total. The van der Waals surface area contributed by atoms with E-state index in [0.29, 0.717) is 10.9 Å². The monoisotopic (exact) mass is 345 g/mol. The van der Waals surface area contributed by atoms with Gasteiger partial charge in [0.2, 0.25) is 5.91 Å². The van der Waals surface area contributed by atoms with Crippen molar-refractivity contribution >= 4 is 16.8 Å². The van der Waals surface area contributed by atoms with Gasteiger partial charge >= 0.3 is 5.69 Å². The molecule has 8 heteroatoms. The van der Waals surface area contributed by atoms with Crippen molar-refractivity contribution in [2.45, 2.75) is 32.5 Å². The van der Waals surface area contributed by atoms with Crippen molar-refractivity contribution in [1.82, 2.24) is 25.3 Å². The van der Waals surface area contributed by atoms with Crippen LogP contribution in [-0.4, -0.2) is 46.1 Å². The molecule has 0 saturated carbocycles. The fourth-order valence-corrected chi connectivity index (χ4v) is 3.45. The van der Waals surface area contributed by atoms with Gasteiger partial charge in [0, 0.05) is 31.6 Å². The average Bonchev–Trinajstić information content (AvgIpc) is 2.90. The number of nitrogens with one attached hydrogen (secondary N) is 3. The molecule has 0 bridgehead atoms. The fourth-order valence-electron chi connectivity index (χ4n) is 3.45. The zero-order valence-corrected chi connectivity index (χ0v) is 14.6. The Morgan fingerprint density at radius 2 is 2.08 bits per heavy atom. The molecule has 3 rings (SSSR count). The van der Waals surface area contributed by atoms with Gasteiger partial charge in [-0.05, 0) is 26.0 Å². The molecule has 1 aliphatic rings. The van der Waals surface area contributed by atoms with E-state index in [-0.39, 0.29) is 30.5 Å². The van der Waals surface area contributed by atoms with E-state index in [9.17, 15) is 14.4 Å². The van der Waals surface area contributed by atoms with E-state index in [1.807, 2.05) is 19.0 Å². The zero-order chi connectivity index (χ0) is 18.1. The molecule has 25 heavy (non-hydrogen) atoms. The molecular formula is C17H23N5O3. The number of hydrazine groups is 1. The maximum atomic E-state index is 12.5. The number of H-pyrrole nitrogens is 1. The molecule has 3 atom stereocenters. The number of rotatable bonds is 4. The van der Waals surface area contributed by atoms with Crippen molar-refractivity contribution in [3.8, 4) is 0 Å². The Bertz CT molecular complexity index is 903. The van der Waals surface area contributed by atoms with E-state index in [0.717, 1.165) is 11.1 Å². The summed E-state index contributed by atoms with van der Waals surface area (Å²) in [6.45, 7) is 4.52. The maximum absolute atomic E-state index is 12.5. The molecule has 0 aliphatic carbocycles. The van der Waals surface area contributed by atoms with Gasteiger partial charge in [0.1, 0.15) is 6.54 Å². The van der Waals surface area contributed by atoms with Gasteiger partial charge < -0.3 is 10.3 Å². The van der Waals surface area contributed by atoms with Gasteiger partial charge in [0.15, 0.2) is 0 Å². The van der Waals surface area contributed by atoms with Crippen LogP contribution in [0.4, 0.5) is 0 Å². The van der Waals surface area contributed by atoms with Crippen molar-refractivity contribution in [2.75, 3.05) is 13.6 Å². The first kappa shape index (κ1) is 17.4. The Balaban J connectivity index is 1.76. The summed E-state index contributed by atoms with van der Waals surface area (Å²) in [5, 5.41) is 5.29. The number of benzene rings is 1. The molecule has 1 saturated heterocycles. The highest BCUT2D eigenvalue weighted by atomic mass is 16.2. The first-order valence-electron chi connectivity index (χ1n) is 8.35. The Kier molecular flexibility index (Phi) is 4.73. The summed E-state index contributed by atoms with van der Waals surface area (Å²) >= 11 is 0. The summed E-state index contributed by atoms with van der Waals surface area (Å²) in [6.07, 6.45) is 0. The fraction of sp³-hybridized carbons (Fsp3) is 0.471. The first-order chi connectivity index (χ1) is 11.9. The van der Waals surface area contributed by atoms with E-state index < -0.39 is 11.2 Å². The summed E-state index contributed by atoms with van der Waals surface area (Å²) in [4.78, 5) is 39.6. The number of hydrogen-bond acceptors (Lipinski definition) is 5. The second-order valence-corrected chi connectivity index (χ2v) is 6.69. The minimum Gasteiger partial charge on any atom is -0.352 e. The Hall–Kier alpha value is -2.45. The molecule has 1 aromatic heterocycles. The number of fused-ring (bicyclic) bond motifs is 1. The molecule has 8 nitrogen and oxygen atoms in total. The topological polar surface area (TPSA) is 99.2 Å². The molecule has 2 heterocycles. The van der Waals surface area contributed by atoms with Gasteiger partial charge in [-0.2, -0.15) is 0 Å². The van der Waals surface area contributed by atoms with E-state index in [4.69, 9.17) is 0 Å². The van der Waals surface area contributed by atoms with Crippen molar-refractivity contribution < 1.29 is 4.79 Å². The Labute approximate surface area is 144 Å². The summed E-state index contributed by atoms with van der Waals surface area (Å²) in [6, 6.07) is 6.92. The number of amides is 1. The predicted molar refractivity (Wildman–Crippen MR) is 95.2 cm³/mol. The Morgan fingerprint density at radius 1 is 1.36 bits per heavy atom. The van der Waals surface area contributed by atoms with Crippen molar-refractivity contribution in [3.05, 3.63) is 45.1 Å². The Morgan fingerprint density at radius 3 is 2.76 bits per heavy atom. The molecule has 3 unspecified atom stereocenters. The predicted octanol–water partition coefficient (Wildman–Crippen LogP) is -0.351. The number of aromatic amines is 1. The second kappa shape index (κ2) is 6.81. The first-order valence-corrected chi connectivity index (χ1v) is 8.35. The molecule has 0 radical (unpaired) electrons. The molecule has 0 spiro atoms. The van der Waals surface area contributed by atoms with Gasteiger partial charge in [-0.1, -0.05) is 12.1 Å². The summed E-state index contributed by atoms with van der Waals surface area (Å²) in [5.41, 5.74) is 2.71. The second-order valence-electron chi connectivity index (χ2n) is 6.69. The van der Waals surface area contributed by atoms with Crippen LogP contribution in [0.15, 0.2) is 33.9 Å². The van der Waals surface area contributed by atoms with Crippen LogP contribution in [0.5, 0.6) is 0 Å². The van der Waals surface area contributed by atoms with Crippen molar-refractivity contribution in [2.24, 2.45) is 5.92 Å². The summed E-state index contributed by atoms with van der Waals surface area (Å²) in [5.74, 6) is -0.0994. The van der Waals surface area contributed by atoms with Gasteiger partial charge in [0.05, 0.1) is 10.9 Å². The van der Waals surface area contributed by atoms with Crippen LogP contribution < -0.4 is 22.0 Å². The normalized spacial score (nSPS) is 22.2. The van der Waals surface area contributed by atoms with Crippen LogP contribution in [0, 0.1) is 5.92 Å². The zero-order valence-electron chi connectivity index (χ0n) is 14.6. The molecule has 2 aromatic rings. The highest BCUT2D eigenvalue weighted by Gasteiger charge is 2.32. The average molecular weight is 345 g/mol. The lowest BCUT2D eigenvalue weighted by Gasteiger charge is -2.23. The molecule has 1 aromatic carbocycles. The number of aromatic nitrogens is 2. The quantitative estimate of drug-likeness (QED) is 0.703. The third-order valence-electron chi connectivity index (χ3n) is 4.77. The molecule has 1 amide bonds. The van der Waals surface area contributed by atoms with Gasteiger partial charge in [-0.15, -0.1) is 0 Å². The number of nitrogens with zero attached hydrogens (tertiary/aromatic N) is 2. The SMILES string of the molecule is CC(NC(=O)Cn1c(=O)[nH]c2ccccc2c1=O)C1CN(C)NC1C. The number of para-hydroxylation sites is 1. The third kappa shape index (κ3) is 3.49. The molecule has 1 aliphatic heterocycles. The molecule has 1 fully saturated rings. The van der Waals surface area contributed by atoms with E-state index in [1.54, 1.807) is 24.3 Å². The van der Waals surface area contributed by atoms with E-state index >= 15 is 0 Å². The van der Waals surface area contributed by atoms with Crippen LogP contribution >= 0.6 is 0 Å². The van der Waals surface area contributed by atoms with Crippen molar-refractivity contribution in [1.29, 1.82) is 0 Å². The van der Waals surface area contributed by atoms with Crippen molar-refractivity contribution in [3.63, 3.8) is 0 Å². The molecular weight excluding hydrogens is 322 g/mol. The number of carbonyl (C=O) groups is 1. The standard InChI is InChI=1S/C17H23N5O3/c1-10(13-8-21(3)20-11(13)2)18-15(23)9-22-16(24)12-6-4-5-7-14(12)19-17(22)25/h4-7,10-11,13,20H,8-9H2,1-3H3,(H,18,23)(H,19,25). The van der Waals surface area contributed by atoms with Gasteiger partial charge in [-0.25, -0.2) is 9.80 Å². The maximum Gasteiger partial charge on any atom is 0.329 e. The highest BCUT2D eigenvalue weighted by molar-refractivity contribution is 5.79. The minimum absolute atomic E-state index is 0.0739. The van der Waals surface area contributed by atoms with Crippen LogP contribution in [-0.2, 0) is 11.3 Å². The smallest absolute Gasteiger partial charge is 0.329 e. The minimum atomic E-state index is -0.581. The largest absolute Gasteiger partial charge is 0.352 e. The lowest BCUT2D eigenvalue weighted by atomic mass is 9.95. The number of hydrogen-bond donors (Lipinski definition) is 3. The van der Waals surface area contributed by atoms with Crippen LogP contribution in [0.1, 0.15) is 13.8 Å². The van der Waals surface area contributed by atoms with Gasteiger partial charge in [0.25, 0.3) is 5.56 Å². The van der Waals surface area contributed by atoms with Crippen LogP contribution in [0.2, 0.25) is 0 Å². The van der Waals surface area contributed by atoms with Gasteiger partial charge in [-0.3, -0.25) is 19.6 Å². The highest BCUT2D eigenvalue weighted by Crippen LogP contribution is 2.16. The van der Waals surface area contributed by atoms with E-state index in [1.165, 1.54) is 0 Å².